The average molecular weight is 280 g/mol. The highest BCUT2D eigenvalue weighted by atomic mass is 19.4. The molecule has 1 N–H and O–H groups in total. The summed E-state index contributed by atoms with van der Waals surface area (Å²) < 4.78 is 37.7. The Morgan fingerprint density at radius 3 is 2.20 bits per heavy atom. The number of hydrogen-bond acceptors (Lipinski definition) is 2. The number of alkyl halides is 3. The van der Waals surface area contributed by atoms with E-state index in [1.54, 1.807) is 19.4 Å². The molecule has 1 aromatic carbocycles. The summed E-state index contributed by atoms with van der Waals surface area (Å²) in [4.78, 5) is 4.12. The van der Waals surface area contributed by atoms with E-state index in [0.29, 0.717) is 0 Å². The molecular formula is C15H15F3N2. The highest BCUT2D eigenvalue weighted by Gasteiger charge is 2.30. The quantitative estimate of drug-likeness (QED) is 0.927. The van der Waals surface area contributed by atoms with Crippen LogP contribution in [0.5, 0.6) is 0 Å². The van der Waals surface area contributed by atoms with Gasteiger partial charge in [0.1, 0.15) is 0 Å². The third kappa shape index (κ3) is 3.17. The summed E-state index contributed by atoms with van der Waals surface area (Å²) in [5.41, 5.74) is 2.06. The van der Waals surface area contributed by atoms with Gasteiger partial charge in [0.05, 0.1) is 11.6 Å². The number of aryl methyl sites for hydroxylation is 1. The van der Waals surface area contributed by atoms with Gasteiger partial charge in [0.25, 0.3) is 0 Å². The first kappa shape index (κ1) is 14.5. The van der Waals surface area contributed by atoms with Crippen LogP contribution >= 0.6 is 0 Å². The van der Waals surface area contributed by atoms with E-state index in [2.05, 4.69) is 10.3 Å². The van der Waals surface area contributed by atoms with Gasteiger partial charge in [-0.15, -0.1) is 0 Å². The lowest BCUT2D eigenvalue weighted by atomic mass is 9.98. The predicted molar refractivity (Wildman–Crippen MR) is 71.3 cm³/mol. The number of nitrogens with zero attached hydrogens (tertiary/aromatic N) is 1. The fourth-order valence-corrected chi connectivity index (χ4v) is 2.13. The molecule has 0 amide bonds. The Bertz CT molecular complexity index is 576. The summed E-state index contributed by atoms with van der Waals surface area (Å²) in [6.07, 6.45) is -0.854. The summed E-state index contributed by atoms with van der Waals surface area (Å²) in [7, 11) is 1.77. The van der Waals surface area contributed by atoms with Crippen molar-refractivity contribution in [2.24, 2.45) is 0 Å². The van der Waals surface area contributed by atoms with Crippen LogP contribution in [0.2, 0.25) is 0 Å². The van der Waals surface area contributed by atoms with Crippen LogP contribution < -0.4 is 5.32 Å². The Morgan fingerprint density at radius 2 is 1.70 bits per heavy atom. The third-order valence-electron chi connectivity index (χ3n) is 3.09. The zero-order chi connectivity index (χ0) is 14.8. The van der Waals surface area contributed by atoms with Crippen molar-refractivity contribution in [3.05, 3.63) is 65.0 Å². The number of halogens is 3. The summed E-state index contributed by atoms with van der Waals surface area (Å²) >= 11 is 0. The molecule has 0 fully saturated rings. The van der Waals surface area contributed by atoms with Crippen molar-refractivity contribution < 1.29 is 13.2 Å². The molecule has 2 aromatic rings. The number of benzene rings is 1. The molecule has 5 heteroatoms. The summed E-state index contributed by atoms with van der Waals surface area (Å²) in [6, 6.07) is 6.97. The van der Waals surface area contributed by atoms with Gasteiger partial charge in [-0.3, -0.25) is 4.98 Å². The average Bonchev–Trinajstić information content (AvgIpc) is 2.39. The highest BCUT2D eigenvalue weighted by molar-refractivity contribution is 5.34. The van der Waals surface area contributed by atoms with E-state index >= 15 is 0 Å². The second-order valence-electron chi connectivity index (χ2n) is 4.64. The van der Waals surface area contributed by atoms with Crippen LogP contribution in [0.25, 0.3) is 0 Å². The molecule has 106 valence electrons. The van der Waals surface area contributed by atoms with Gasteiger partial charge in [-0.1, -0.05) is 18.2 Å². The topological polar surface area (TPSA) is 24.9 Å². The molecular weight excluding hydrogens is 265 g/mol. The molecule has 0 aliphatic heterocycles. The number of hydrogen-bond donors (Lipinski definition) is 1. The summed E-state index contributed by atoms with van der Waals surface area (Å²) in [6.45, 7) is 1.93. The zero-order valence-corrected chi connectivity index (χ0v) is 11.2. The first-order valence-electron chi connectivity index (χ1n) is 6.18. The minimum atomic E-state index is -4.31. The molecule has 20 heavy (non-hydrogen) atoms. The Morgan fingerprint density at radius 1 is 1.05 bits per heavy atom. The van der Waals surface area contributed by atoms with Crippen molar-refractivity contribution in [1.82, 2.24) is 10.3 Å². The molecule has 2 nitrogen and oxygen atoms in total. The van der Waals surface area contributed by atoms with Gasteiger partial charge >= 0.3 is 6.18 Å². The van der Waals surface area contributed by atoms with E-state index in [-0.39, 0.29) is 6.04 Å². The van der Waals surface area contributed by atoms with Crippen LogP contribution in [-0.4, -0.2) is 12.0 Å². The smallest absolute Gasteiger partial charge is 0.309 e. The minimum absolute atomic E-state index is 0.176. The van der Waals surface area contributed by atoms with Crippen LogP contribution in [0.4, 0.5) is 13.2 Å². The molecule has 0 saturated heterocycles. The van der Waals surface area contributed by atoms with Crippen molar-refractivity contribution in [3.63, 3.8) is 0 Å². The van der Waals surface area contributed by atoms with Gasteiger partial charge in [0.15, 0.2) is 0 Å². The molecule has 0 saturated carbocycles. The highest BCUT2D eigenvalue weighted by Crippen LogP contribution is 2.30. The normalized spacial score (nSPS) is 13.2. The first-order valence-corrected chi connectivity index (χ1v) is 6.18. The SMILES string of the molecule is CNC(c1ccc(C(F)(F)F)cc1)c1cncc(C)c1. The molecule has 0 spiro atoms. The van der Waals surface area contributed by atoms with E-state index < -0.39 is 11.7 Å². The van der Waals surface area contributed by atoms with Crippen LogP contribution in [-0.2, 0) is 6.18 Å². The van der Waals surface area contributed by atoms with Gasteiger partial charge < -0.3 is 5.32 Å². The summed E-state index contributed by atoms with van der Waals surface area (Å²) in [5.74, 6) is 0. The van der Waals surface area contributed by atoms with Gasteiger partial charge in [0, 0.05) is 12.4 Å². The van der Waals surface area contributed by atoms with Crippen LogP contribution in [0.1, 0.15) is 28.3 Å². The van der Waals surface area contributed by atoms with Crippen molar-refractivity contribution in [2.45, 2.75) is 19.1 Å². The van der Waals surface area contributed by atoms with Crippen LogP contribution in [0.3, 0.4) is 0 Å². The molecule has 0 radical (unpaired) electrons. The number of pyridine rings is 1. The lowest BCUT2D eigenvalue weighted by Gasteiger charge is -2.18. The van der Waals surface area contributed by atoms with Gasteiger partial charge in [0.2, 0.25) is 0 Å². The van der Waals surface area contributed by atoms with Crippen molar-refractivity contribution in [3.8, 4) is 0 Å². The van der Waals surface area contributed by atoms with Crippen LogP contribution in [0.15, 0.2) is 42.7 Å². The first-order chi connectivity index (χ1) is 9.41. The maximum absolute atomic E-state index is 12.6. The van der Waals surface area contributed by atoms with Crippen molar-refractivity contribution in [1.29, 1.82) is 0 Å². The van der Waals surface area contributed by atoms with Gasteiger partial charge in [-0.2, -0.15) is 13.2 Å². The number of aromatic nitrogens is 1. The van der Waals surface area contributed by atoms with E-state index in [0.717, 1.165) is 28.8 Å². The molecule has 1 heterocycles. The third-order valence-corrected chi connectivity index (χ3v) is 3.09. The Balaban J connectivity index is 2.33. The lowest BCUT2D eigenvalue weighted by Crippen LogP contribution is -2.18. The standard InChI is InChI=1S/C15H15F3N2/c1-10-7-12(9-20-8-10)14(19-2)11-3-5-13(6-4-11)15(16,17)18/h3-9,14,19H,1-2H3. The number of rotatable bonds is 3. The fourth-order valence-electron chi connectivity index (χ4n) is 2.13. The Hall–Kier alpha value is -1.88. The van der Waals surface area contributed by atoms with E-state index in [4.69, 9.17) is 0 Å². The predicted octanol–water partition coefficient (Wildman–Crippen LogP) is 3.72. The molecule has 1 unspecified atom stereocenters. The largest absolute Gasteiger partial charge is 0.416 e. The molecule has 1 atom stereocenters. The maximum Gasteiger partial charge on any atom is 0.416 e. The monoisotopic (exact) mass is 280 g/mol. The van der Waals surface area contributed by atoms with Crippen LogP contribution in [0, 0.1) is 6.92 Å². The Kier molecular flexibility index (Phi) is 4.09. The van der Waals surface area contributed by atoms with Gasteiger partial charge in [-0.25, -0.2) is 0 Å². The second-order valence-corrected chi connectivity index (χ2v) is 4.64. The zero-order valence-electron chi connectivity index (χ0n) is 11.2. The molecule has 0 bridgehead atoms. The maximum atomic E-state index is 12.6. The van der Waals surface area contributed by atoms with E-state index in [1.807, 2.05) is 13.0 Å². The molecule has 0 aliphatic rings. The van der Waals surface area contributed by atoms with Crippen molar-refractivity contribution >= 4 is 0 Å². The second kappa shape index (κ2) is 5.63. The van der Waals surface area contributed by atoms with Crippen molar-refractivity contribution in [2.75, 3.05) is 7.05 Å². The van der Waals surface area contributed by atoms with Gasteiger partial charge in [-0.05, 0) is 42.8 Å². The minimum Gasteiger partial charge on any atom is -0.309 e. The lowest BCUT2D eigenvalue weighted by molar-refractivity contribution is -0.137. The Labute approximate surface area is 115 Å². The number of nitrogens with one attached hydrogen (secondary N) is 1. The molecule has 2 rings (SSSR count). The summed E-state index contributed by atoms with van der Waals surface area (Å²) in [5, 5.41) is 3.10. The fraction of sp³-hybridized carbons (Fsp3) is 0.267. The van der Waals surface area contributed by atoms with E-state index in [1.165, 1.54) is 12.1 Å². The molecule has 0 aliphatic carbocycles. The van der Waals surface area contributed by atoms with E-state index in [9.17, 15) is 13.2 Å². The molecule has 1 aromatic heterocycles.